The van der Waals surface area contributed by atoms with Crippen molar-refractivity contribution in [2.75, 3.05) is 9.21 Å². The average Bonchev–Trinajstić information content (AvgIpc) is 2.64. The molecule has 0 aromatic heterocycles. The number of rotatable bonds is 3. The van der Waals surface area contributed by atoms with Gasteiger partial charge in [0.05, 0.1) is 17.9 Å². The summed E-state index contributed by atoms with van der Waals surface area (Å²) in [6.45, 7) is 4.02. The summed E-state index contributed by atoms with van der Waals surface area (Å²) in [6, 6.07) is 19.0. The van der Waals surface area contributed by atoms with E-state index in [2.05, 4.69) is 15.9 Å². The van der Waals surface area contributed by atoms with Crippen LogP contribution in [0.3, 0.4) is 0 Å². The van der Waals surface area contributed by atoms with Crippen molar-refractivity contribution in [3.8, 4) is 0 Å². The molecule has 4 rings (SSSR count). The molecular formula is C22H19BrN2O3S. The van der Waals surface area contributed by atoms with E-state index in [-0.39, 0.29) is 11.4 Å². The minimum atomic E-state index is -4.02. The molecule has 0 saturated heterocycles. The van der Waals surface area contributed by atoms with Crippen molar-refractivity contribution in [2.24, 2.45) is 0 Å². The van der Waals surface area contributed by atoms with Gasteiger partial charge in [-0.05, 0) is 66.9 Å². The number of hydrogen-bond donors (Lipinski definition) is 0. The van der Waals surface area contributed by atoms with Gasteiger partial charge in [-0.15, -0.1) is 0 Å². The summed E-state index contributed by atoms with van der Waals surface area (Å²) in [7, 11) is -4.02. The molecule has 7 heteroatoms. The number of carbonyl (C=O) groups excluding carboxylic acids is 1. The zero-order chi connectivity index (χ0) is 20.8. The Bertz CT molecular complexity index is 1200. The van der Waals surface area contributed by atoms with Gasteiger partial charge in [0.2, 0.25) is 0 Å². The number of hydrogen-bond acceptors (Lipinski definition) is 3. The number of fused-ring (bicyclic) bond motifs is 1. The Morgan fingerprint density at radius 1 is 0.897 bits per heavy atom. The number of carbonyl (C=O) groups is 1. The highest BCUT2D eigenvalue weighted by Gasteiger charge is 2.42. The second-order valence-electron chi connectivity index (χ2n) is 7.08. The van der Waals surface area contributed by atoms with Gasteiger partial charge in [-0.2, -0.15) is 4.31 Å². The lowest BCUT2D eigenvalue weighted by atomic mass is 10.1. The summed E-state index contributed by atoms with van der Waals surface area (Å²) in [5.41, 5.74) is 3.40. The van der Waals surface area contributed by atoms with E-state index < -0.39 is 16.1 Å². The van der Waals surface area contributed by atoms with Crippen LogP contribution >= 0.6 is 15.9 Å². The molecule has 0 aliphatic carbocycles. The van der Waals surface area contributed by atoms with E-state index >= 15 is 0 Å². The molecule has 0 N–H and O–H groups in total. The highest BCUT2D eigenvalue weighted by molar-refractivity contribution is 9.10. The summed E-state index contributed by atoms with van der Waals surface area (Å²) in [4.78, 5) is 15.1. The first kappa shape index (κ1) is 19.7. The molecule has 0 bridgehead atoms. The Balaban J connectivity index is 1.89. The van der Waals surface area contributed by atoms with Gasteiger partial charge in [0, 0.05) is 4.47 Å². The van der Waals surface area contributed by atoms with Crippen molar-refractivity contribution < 1.29 is 13.2 Å². The number of nitrogens with zero attached hydrogens (tertiary/aromatic N) is 2. The summed E-state index contributed by atoms with van der Waals surface area (Å²) in [5, 5.41) is 0. The zero-order valence-corrected chi connectivity index (χ0v) is 18.4. The van der Waals surface area contributed by atoms with Crippen LogP contribution in [-0.2, 0) is 16.6 Å². The van der Waals surface area contributed by atoms with Gasteiger partial charge in [0.15, 0.2) is 0 Å². The molecule has 2 amide bonds. The van der Waals surface area contributed by atoms with E-state index in [0.29, 0.717) is 11.4 Å². The molecule has 148 valence electrons. The predicted octanol–water partition coefficient (Wildman–Crippen LogP) is 5.40. The van der Waals surface area contributed by atoms with E-state index in [9.17, 15) is 13.2 Å². The highest BCUT2D eigenvalue weighted by atomic mass is 79.9. The van der Waals surface area contributed by atoms with Crippen LogP contribution in [-0.4, -0.2) is 14.4 Å². The van der Waals surface area contributed by atoms with Crippen LogP contribution in [0.1, 0.15) is 16.7 Å². The number of halogens is 1. The third-order valence-corrected chi connectivity index (χ3v) is 6.99. The number of urea groups is 1. The lowest BCUT2D eigenvalue weighted by Crippen LogP contribution is -2.50. The number of sulfonamides is 1. The summed E-state index contributed by atoms with van der Waals surface area (Å²) >= 11 is 3.45. The van der Waals surface area contributed by atoms with E-state index in [1.807, 2.05) is 44.2 Å². The molecule has 5 nitrogen and oxygen atoms in total. The smallest absolute Gasteiger partial charge is 0.287 e. The summed E-state index contributed by atoms with van der Waals surface area (Å²) < 4.78 is 28.5. The lowest BCUT2D eigenvalue weighted by molar-refractivity contribution is 0.253. The molecule has 29 heavy (non-hydrogen) atoms. The van der Waals surface area contributed by atoms with Gasteiger partial charge in [-0.25, -0.2) is 13.2 Å². The van der Waals surface area contributed by atoms with Crippen molar-refractivity contribution >= 4 is 43.4 Å². The molecule has 1 aliphatic rings. The number of anilines is 2. The molecule has 0 atom stereocenters. The minimum Gasteiger partial charge on any atom is -0.287 e. The average molecular weight is 471 g/mol. The topological polar surface area (TPSA) is 57.7 Å². The van der Waals surface area contributed by atoms with Crippen molar-refractivity contribution in [3.63, 3.8) is 0 Å². The lowest BCUT2D eigenvalue weighted by Gasteiger charge is -2.36. The quantitative estimate of drug-likeness (QED) is 0.514. The van der Waals surface area contributed by atoms with Crippen molar-refractivity contribution in [1.29, 1.82) is 0 Å². The predicted molar refractivity (Wildman–Crippen MR) is 118 cm³/mol. The van der Waals surface area contributed by atoms with Gasteiger partial charge in [-0.3, -0.25) is 4.90 Å². The molecule has 0 fully saturated rings. The first-order valence-electron chi connectivity index (χ1n) is 9.06. The molecule has 0 unspecified atom stereocenters. The maximum Gasteiger partial charge on any atom is 0.343 e. The van der Waals surface area contributed by atoms with Crippen LogP contribution in [0.4, 0.5) is 16.2 Å². The Kier molecular flexibility index (Phi) is 4.96. The standard InChI is InChI=1S/C22H19BrN2O3S/c1-15-10-16(2)12-19(11-15)25-22(26)24(14-17-6-5-7-18(23)13-17)20-8-3-4-9-21(20)29(25,27)28/h3-13H,14H2,1-2H3. The Labute approximate surface area is 178 Å². The maximum absolute atomic E-state index is 13.5. The molecule has 0 saturated carbocycles. The van der Waals surface area contributed by atoms with Crippen LogP contribution in [0.25, 0.3) is 0 Å². The first-order valence-corrected chi connectivity index (χ1v) is 11.3. The number of aryl methyl sites for hydroxylation is 2. The Hall–Kier alpha value is -2.64. The second-order valence-corrected chi connectivity index (χ2v) is 9.75. The van der Waals surface area contributed by atoms with Gasteiger partial charge < -0.3 is 0 Å². The van der Waals surface area contributed by atoms with Crippen molar-refractivity contribution in [3.05, 3.63) is 87.9 Å². The molecule has 0 spiro atoms. The first-order chi connectivity index (χ1) is 13.8. The number of para-hydroxylation sites is 1. The van der Waals surface area contributed by atoms with Gasteiger partial charge in [0.1, 0.15) is 4.90 Å². The van der Waals surface area contributed by atoms with Crippen molar-refractivity contribution in [2.45, 2.75) is 25.3 Å². The molecular weight excluding hydrogens is 452 g/mol. The molecule has 3 aromatic carbocycles. The summed E-state index contributed by atoms with van der Waals surface area (Å²) in [6.07, 6.45) is 0. The number of amides is 2. The van der Waals surface area contributed by atoms with E-state index in [1.165, 1.54) is 4.90 Å². The normalized spacial score (nSPS) is 15.3. The Morgan fingerprint density at radius 3 is 2.28 bits per heavy atom. The van der Waals surface area contributed by atoms with Crippen LogP contribution in [0.2, 0.25) is 0 Å². The highest BCUT2D eigenvalue weighted by Crippen LogP contribution is 2.38. The van der Waals surface area contributed by atoms with Crippen LogP contribution in [0, 0.1) is 13.8 Å². The van der Waals surface area contributed by atoms with E-state index in [4.69, 9.17) is 0 Å². The molecule has 0 radical (unpaired) electrons. The molecule has 3 aromatic rings. The van der Waals surface area contributed by atoms with Crippen LogP contribution in [0.15, 0.2) is 76.1 Å². The van der Waals surface area contributed by atoms with E-state index in [1.54, 1.807) is 36.4 Å². The fourth-order valence-electron chi connectivity index (χ4n) is 3.60. The second kappa shape index (κ2) is 7.31. The fourth-order valence-corrected chi connectivity index (χ4v) is 5.62. The van der Waals surface area contributed by atoms with Crippen molar-refractivity contribution in [1.82, 2.24) is 0 Å². The third kappa shape index (κ3) is 3.56. The van der Waals surface area contributed by atoms with Gasteiger partial charge in [0.25, 0.3) is 10.0 Å². The van der Waals surface area contributed by atoms with E-state index in [0.717, 1.165) is 25.5 Å². The SMILES string of the molecule is Cc1cc(C)cc(N2C(=O)N(Cc3cccc(Br)c3)c3ccccc3S2(=O)=O)c1. The largest absolute Gasteiger partial charge is 0.343 e. The zero-order valence-electron chi connectivity index (χ0n) is 16.0. The summed E-state index contributed by atoms with van der Waals surface area (Å²) in [5.74, 6) is 0. The fraction of sp³-hybridized carbons (Fsp3) is 0.136. The van der Waals surface area contributed by atoms with Gasteiger partial charge in [-0.1, -0.05) is 46.3 Å². The van der Waals surface area contributed by atoms with Gasteiger partial charge >= 0.3 is 6.03 Å². The molecule has 1 aliphatic heterocycles. The minimum absolute atomic E-state index is 0.119. The monoisotopic (exact) mass is 470 g/mol. The molecule has 1 heterocycles. The third-order valence-electron chi connectivity index (χ3n) is 4.75. The van der Waals surface area contributed by atoms with Crippen LogP contribution in [0.5, 0.6) is 0 Å². The Morgan fingerprint density at radius 2 is 1.59 bits per heavy atom. The van der Waals surface area contributed by atoms with Crippen LogP contribution < -0.4 is 9.21 Å². The number of benzene rings is 3. The maximum atomic E-state index is 13.5.